The van der Waals surface area contributed by atoms with E-state index >= 15 is 0 Å². The highest BCUT2D eigenvalue weighted by Gasteiger charge is 2.16. The summed E-state index contributed by atoms with van der Waals surface area (Å²) < 4.78 is 16.5. The zero-order chi connectivity index (χ0) is 14.5. The van der Waals surface area contributed by atoms with E-state index in [0.29, 0.717) is 37.6 Å². The third-order valence-electron chi connectivity index (χ3n) is 3.20. The molecule has 2 rings (SSSR count). The monoisotopic (exact) mass is 281 g/mol. The summed E-state index contributed by atoms with van der Waals surface area (Å²) >= 11 is 0. The van der Waals surface area contributed by atoms with Gasteiger partial charge in [0, 0.05) is 12.0 Å². The first-order valence-corrected chi connectivity index (χ1v) is 6.69. The van der Waals surface area contributed by atoms with Crippen LogP contribution in [0.5, 0.6) is 5.75 Å². The van der Waals surface area contributed by atoms with Gasteiger partial charge < -0.3 is 14.2 Å². The second kappa shape index (κ2) is 6.67. The summed E-state index contributed by atoms with van der Waals surface area (Å²) in [6.45, 7) is 5.42. The second-order valence-electron chi connectivity index (χ2n) is 4.82. The number of nitrogens with zero attached hydrogens (tertiary/aromatic N) is 1. The zero-order valence-electron chi connectivity index (χ0n) is 11.8. The van der Waals surface area contributed by atoms with Crippen LogP contribution >= 0.6 is 0 Å². The maximum Gasteiger partial charge on any atom is 0.276 e. The molecule has 0 aliphatic carbocycles. The van der Waals surface area contributed by atoms with Crippen LogP contribution in [0.2, 0.25) is 0 Å². The molecule has 0 radical (unpaired) electrons. The van der Waals surface area contributed by atoms with Gasteiger partial charge in [0.25, 0.3) is 5.69 Å². The molecule has 0 saturated carbocycles. The topological polar surface area (TPSA) is 70.8 Å². The lowest BCUT2D eigenvalue weighted by molar-refractivity contribution is -0.385. The minimum Gasteiger partial charge on any atom is -0.493 e. The summed E-state index contributed by atoms with van der Waals surface area (Å²) in [7, 11) is 0. The normalized spacial score (nSPS) is 16.1. The molecule has 1 aromatic rings. The first kappa shape index (κ1) is 14.7. The molecule has 20 heavy (non-hydrogen) atoms. The summed E-state index contributed by atoms with van der Waals surface area (Å²) in [4.78, 5) is 10.5. The van der Waals surface area contributed by atoms with E-state index < -0.39 is 4.92 Å². The predicted octanol–water partition coefficient (Wildman–Crippen LogP) is 2.74. The molecular weight excluding hydrogens is 262 g/mol. The highest BCUT2D eigenvalue weighted by Crippen LogP contribution is 2.28. The summed E-state index contributed by atoms with van der Waals surface area (Å²) in [6, 6.07) is 3.24. The Bertz CT molecular complexity index is 483. The second-order valence-corrected chi connectivity index (χ2v) is 4.82. The first-order chi connectivity index (χ1) is 9.58. The lowest BCUT2D eigenvalue weighted by atomic mass is 10.1. The fourth-order valence-electron chi connectivity index (χ4n) is 2.14. The average molecular weight is 281 g/mol. The van der Waals surface area contributed by atoms with Gasteiger partial charge in [-0.2, -0.15) is 0 Å². The zero-order valence-corrected chi connectivity index (χ0v) is 11.8. The van der Waals surface area contributed by atoms with Crippen LogP contribution < -0.4 is 4.74 Å². The standard InChI is InChI=1S/C14H19NO5/c1-10-8-11(2)13(9-12(10)15(16)17)18-7-4-14-19-5-3-6-20-14/h8-9,14H,3-7H2,1-2H3. The van der Waals surface area contributed by atoms with E-state index in [4.69, 9.17) is 14.2 Å². The van der Waals surface area contributed by atoms with Crippen molar-refractivity contribution in [3.05, 3.63) is 33.4 Å². The van der Waals surface area contributed by atoms with Gasteiger partial charge in [-0.3, -0.25) is 10.1 Å². The number of nitro groups is 1. The third-order valence-corrected chi connectivity index (χ3v) is 3.20. The summed E-state index contributed by atoms with van der Waals surface area (Å²) in [5, 5.41) is 10.9. The molecule has 1 saturated heterocycles. The number of hydrogen-bond acceptors (Lipinski definition) is 5. The highest BCUT2D eigenvalue weighted by molar-refractivity contribution is 5.49. The van der Waals surface area contributed by atoms with Gasteiger partial charge in [-0.15, -0.1) is 0 Å². The molecule has 6 heteroatoms. The number of aryl methyl sites for hydroxylation is 2. The molecule has 0 unspecified atom stereocenters. The number of rotatable bonds is 5. The Morgan fingerprint density at radius 1 is 1.30 bits per heavy atom. The third kappa shape index (κ3) is 3.68. The lowest BCUT2D eigenvalue weighted by Gasteiger charge is -2.23. The van der Waals surface area contributed by atoms with Gasteiger partial charge in [-0.05, 0) is 31.9 Å². The molecule has 1 aromatic carbocycles. The number of benzene rings is 1. The van der Waals surface area contributed by atoms with Crippen molar-refractivity contribution in [2.45, 2.75) is 33.0 Å². The molecule has 1 fully saturated rings. The van der Waals surface area contributed by atoms with Gasteiger partial charge in [-0.1, -0.05) is 0 Å². The van der Waals surface area contributed by atoms with Crippen LogP contribution in [-0.4, -0.2) is 31.0 Å². The Morgan fingerprint density at radius 2 is 2.00 bits per heavy atom. The van der Waals surface area contributed by atoms with Crippen LogP contribution in [0.4, 0.5) is 5.69 Å². The van der Waals surface area contributed by atoms with Gasteiger partial charge in [0.05, 0.1) is 30.8 Å². The van der Waals surface area contributed by atoms with Crippen LogP contribution in [-0.2, 0) is 9.47 Å². The van der Waals surface area contributed by atoms with Crippen molar-refractivity contribution >= 4 is 5.69 Å². The highest BCUT2D eigenvalue weighted by atomic mass is 16.7. The largest absolute Gasteiger partial charge is 0.493 e. The maximum absolute atomic E-state index is 10.9. The van der Waals surface area contributed by atoms with Gasteiger partial charge in [0.1, 0.15) is 5.75 Å². The fraction of sp³-hybridized carbons (Fsp3) is 0.571. The first-order valence-electron chi connectivity index (χ1n) is 6.69. The minimum absolute atomic E-state index is 0.0794. The van der Waals surface area contributed by atoms with Crippen molar-refractivity contribution in [1.29, 1.82) is 0 Å². The van der Waals surface area contributed by atoms with Gasteiger partial charge in [0.2, 0.25) is 0 Å². The Kier molecular flexibility index (Phi) is 4.92. The Balaban J connectivity index is 1.94. The fourth-order valence-corrected chi connectivity index (χ4v) is 2.14. The summed E-state index contributed by atoms with van der Waals surface area (Å²) in [6.07, 6.45) is 1.30. The Labute approximate surface area is 117 Å². The van der Waals surface area contributed by atoms with E-state index in [2.05, 4.69) is 0 Å². The lowest BCUT2D eigenvalue weighted by Crippen LogP contribution is -2.26. The van der Waals surface area contributed by atoms with E-state index in [1.54, 1.807) is 13.0 Å². The quantitative estimate of drug-likeness (QED) is 0.613. The molecule has 0 N–H and O–H groups in total. The van der Waals surface area contributed by atoms with Gasteiger partial charge in [0.15, 0.2) is 6.29 Å². The van der Waals surface area contributed by atoms with Crippen LogP contribution in [0.25, 0.3) is 0 Å². The molecule has 1 aliphatic rings. The van der Waals surface area contributed by atoms with Crippen molar-refractivity contribution in [2.75, 3.05) is 19.8 Å². The van der Waals surface area contributed by atoms with Gasteiger partial charge in [-0.25, -0.2) is 0 Å². The average Bonchev–Trinajstić information content (AvgIpc) is 2.42. The molecular formula is C14H19NO5. The van der Waals surface area contributed by atoms with Crippen LogP contribution in [0.3, 0.4) is 0 Å². The van der Waals surface area contributed by atoms with Crippen molar-refractivity contribution in [3.8, 4) is 5.75 Å². The molecule has 0 atom stereocenters. The van der Waals surface area contributed by atoms with E-state index in [1.807, 2.05) is 6.92 Å². The van der Waals surface area contributed by atoms with Crippen molar-refractivity contribution in [3.63, 3.8) is 0 Å². The predicted molar refractivity (Wildman–Crippen MR) is 73.0 cm³/mol. The van der Waals surface area contributed by atoms with E-state index in [9.17, 15) is 10.1 Å². The van der Waals surface area contributed by atoms with E-state index in [0.717, 1.165) is 12.0 Å². The summed E-state index contributed by atoms with van der Waals surface area (Å²) in [5.74, 6) is 0.540. The van der Waals surface area contributed by atoms with Crippen molar-refractivity contribution in [2.24, 2.45) is 0 Å². The van der Waals surface area contributed by atoms with E-state index in [1.165, 1.54) is 6.07 Å². The molecule has 110 valence electrons. The number of ether oxygens (including phenoxy) is 3. The van der Waals surface area contributed by atoms with Crippen molar-refractivity contribution in [1.82, 2.24) is 0 Å². The van der Waals surface area contributed by atoms with E-state index in [-0.39, 0.29) is 12.0 Å². The van der Waals surface area contributed by atoms with Crippen LogP contribution in [0.15, 0.2) is 12.1 Å². The van der Waals surface area contributed by atoms with Gasteiger partial charge >= 0.3 is 0 Å². The molecule has 0 bridgehead atoms. The maximum atomic E-state index is 10.9. The molecule has 1 aliphatic heterocycles. The number of nitro benzene ring substituents is 1. The smallest absolute Gasteiger partial charge is 0.276 e. The minimum atomic E-state index is -0.394. The molecule has 0 aromatic heterocycles. The van der Waals surface area contributed by atoms with Crippen LogP contribution in [0, 0.1) is 24.0 Å². The van der Waals surface area contributed by atoms with Crippen LogP contribution in [0.1, 0.15) is 24.0 Å². The molecule has 1 heterocycles. The SMILES string of the molecule is Cc1cc(C)c([N+](=O)[O-])cc1OCCC1OCCCO1. The molecule has 6 nitrogen and oxygen atoms in total. The Hall–Kier alpha value is -1.66. The number of hydrogen-bond donors (Lipinski definition) is 0. The van der Waals surface area contributed by atoms with Crippen molar-refractivity contribution < 1.29 is 19.1 Å². The molecule has 0 amide bonds. The Morgan fingerprint density at radius 3 is 2.65 bits per heavy atom. The molecule has 0 spiro atoms. The summed E-state index contributed by atoms with van der Waals surface area (Å²) in [5.41, 5.74) is 1.60.